The zero-order chi connectivity index (χ0) is 16.2. The summed E-state index contributed by atoms with van der Waals surface area (Å²) in [6, 6.07) is 3.51. The molecule has 1 amide bonds. The van der Waals surface area contributed by atoms with Crippen LogP contribution in [0.3, 0.4) is 0 Å². The molecule has 0 aliphatic carbocycles. The summed E-state index contributed by atoms with van der Waals surface area (Å²) in [5, 5.41) is 14.4. The summed E-state index contributed by atoms with van der Waals surface area (Å²) in [5.41, 5.74) is 2.18. The van der Waals surface area contributed by atoms with Crippen LogP contribution in [0.4, 0.5) is 0 Å². The number of aryl methyl sites for hydroxylation is 1. The van der Waals surface area contributed by atoms with Crippen molar-refractivity contribution in [1.82, 2.24) is 20.1 Å². The van der Waals surface area contributed by atoms with Crippen molar-refractivity contribution in [3.63, 3.8) is 0 Å². The van der Waals surface area contributed by atoms with Gasteiger partial charge in [0.1, 0.15) is 11.0 Å². The highest BCUT2D eigenvalue weighted by Gasteiger charge is 2.23. The first-order chi connectivity index (χ1) is 11.1. The largest absolute Gasteiger partial charge is 0.345 e. The topological polar surface area (TPSA) is 59.8 Å². The van der Waals surface area contributed by atoms with E-state index in [4.69, 9.17) is 0 Å². The minimum absolute atomic E-state index is 0.0489. The van der Waals surface area contributed by atoms with E-state index in [0.29, 0.717) is 0 Å². The van der Waals surface area contributed by atoms with Crippen molar-refractivity contribution >= 4 is 28.6 Å². The predicted octanol–water partition coefficient (Wildman–Crippen LogP) is 3.37. The van der Waals surface area contributed by atoms with Gasteiger partial charge in [0.25, 0.3) is 0 Å². The normalized spacial score (nSPS) is 13.7. The third-order valence-electron chi connectivity index (χ3n) is 3.70. The first kappa shape index (κ1) is 15.9. The SMILES string of the molecule is Cc1ccnn1[C@H](C)C(=O)N[C@H](Cc1ccsc1)c1nccs1. The molecule has 3 heterocycles. The second-order valence-corrected chi connectivity index (χ2v) is 7.07. The van der Waals surface area contributed by atoms with E-state index in [2.05, 4.69) is 26.8 Å². The Morgan fingerprint density at radius 2 is 2.22 bits per heavy atom. The van der Waals surface area contributed by atoms with E-state index >= 15 is 0 Å². The maximum atomic E-state index is 12.6. The monoisotopic (exact) mass is 346 g/mol. The number of thiophene rings is 1. The molecule has 7 heteroatoms. The highest BCUT2D eigenvalue weighted by Crippen LogP contribution is 2.23. The van der Waals surface area contributed by atoms with Gasteiger partial charge in [-0.2, -0.15) is 16.4 Å². The Labute approximate surface area is 143 Å². The molecule has 0 unspecified atom stereocenters. The van der Waals surface area contributed by atoms with Crippen molar-refractivity contribution in [2.75, 3.05) is 0 Å². The molecule has 3 aromatic rings. The van der Waals surface area contributed by atoms with Gasteiger partial charge >= 0.3 is 0 Å². The molecule has 23 heavy (non-hydrogen) atoms. The molecule has 0 saturated heterocycles. The van der Waals surface area contributed by atoms with Crippen molar-refractivity contribution in [2.24, 2.45) is 0 Å². The fourth-order valence-electron chi connectivity index (χ4n) is 2.44. The molecule has 0 aliphatic rings. The summed E-state index contributed by atoms with van der Waals surface area (Å²) in [4.78, 5) is 17.0. The van der Waals surface area contributed by atoms with E-state index in [1.165, 1.54) is 5.56 Å². The van der Waals surface area contributed by atoms with Gasteiger partial charge in [0.2, 0.25) is 5.91 Å². The third-order valence-corrected chi connectivity index (χ3v) is 5.32. The number of nitrogens with zero attached hydrogens (tertiary/aromatic N) is 3. The molecule has 0 aromatic carbocycles. The molecule has 3 rings (SSSR count). The Morgan fingerprint density at radius 3 is 2.83 bits per heavy atom. The molecule has 5 nitrogen and oxygen atoms in total. The van der Waals surface area contributed by atoms with Crippen LogP contribution in [0.25, 0.3) is 0 Å². The lowest BCUT2D eigenvalue weighted by Crippen LogP contribution is -2.35. The molecule has 0 fully saturated rings. The van der Waals surface area contributed by atoms with Crippen LogP contribution in [0.15, 0.2) is 40.7 Å². The minimum atomic E-state index is -0.352. The molecular formula is C16H18N4OS2. The Hall–Kier alpha value is -1.99. The maximum absolute atomic E-state index is 12.6. The number of amides is 1. The lowest BCUT2D eigenvalue weighted by Gasteiger charge is -2.20. The average molecular weight is 346 g/mol. The van der Waals surface area contributed by atoms with Gasteiger partial charge in [-0.15, -0.1) is 11.3 Å². The van der Waals surface area contributed by atoms with Crippen LogP contribution in [0.1, 0.15) is 35.3 Å². The lowest BCUT2D eigenvalue weighted by atomic mass is 10.1. The molecular weight excluding hydrogens is 328 g/mol. The fourth-order valence-corrected chi connectivity index (χ4v) is 3.81. The molecule has 0 aliphatic heterocycles. The summed E-state index contributed by atoms with van der Waals surface area (Å²) < 4.78 is 1.73. The van der Waals surface area contributed by atoms with Gasteiger partial charge in [0.05, 0.1) is 6.04 Å². The Bertz CT molecular complexity index is 749. The van der Waals surface area contributed by atoms with Crippen LogP contribution in [0, 0.1) is 6.92 Å². The van der Waals surface area contributed by atoms with Crippen LogP contribution >= 0.6 is 22.7 Å². The molecule has 3 aromatic heterocycles. The molecule has 0 saturated carbocycles. The van der Waals surface area contributed by atoms with Crippen LogP contribution in [0.2, 0.25) is 0 Å². The molecule has 120 valence electrons. The van der Waals surface area contributed by atoms with Gasteiger partial charge in [-0.05, 0) is 42.3 Å². The fraction of sp³-hybridized carbons (Fsp3) is 0.312. The van der Waals surface area contributed by atoms with Gasteiger partial charge < -0.3 is 5.32 Å². The van der Waals surface area contributed by atoms with Gasteiger partial charge in [-0.3, -0.25) is 9.48 Å². The smallest absolute Gasteiger partial charge is 0.245 e. The first-order valence-corrected chi connectivity index (χ1v) is 9.18. The van der Waals surface area contributed by atoms with Gasteiger partial charge in [-0.1, -0.05) is 0 Å². The van der Waals surface area contributed by atoms with Gasteiger partial charge in [0, 0.05) is 29.9 Å². The number of aromatic nitrogens is 3. The minimum Gasteiger partial charge on any atom is -0.345 e. The van der Waals surface area contributed by atoms with E-state index in [1.807, 2.05) is 30.7 Å². The van der Waals surface area contributed by atoms with Crippen LogP contribution in [-0.2, 0) is 11.2 Å². The molecule has 1 N–H and O–H groups in total. The number of rotatable bonds is 6. The van der Waals surface area contributed by atoms with Gasteiger partial charge in [0.15, 0.2) is 0 Å². The maximum Gasteiger partial charge on any atom is 0.245 e. The van der Waals surface area contributed by atoms with E-state index in [-0.39, 0.29) is 18.0 Å². The number of thiazole rings is 1. The summed E-state index contributed by atoms with van der Waals surface area (Å²) in [6.07, 6.45) is 4.23. The zero-order valence-corrected chi connectivity index (χ0v) is 14.6. The van der Waals surface area contributed by atoms with Gasteiger partial charge in [-0.25, -0.2) is 4.98 Å². The van der Waals surface area contributed by atoms with E-state index in [9.17, 15) is 4.79 Å². The summed E-state index contributed by atoms with van der Waals surface area (Å²) in [5.74, 6) is -0.0489. The van der Waals surface area contributed by atoms with Crippen molar-refractivity contribution in [3.05, 3.63) is 56.9 Å². The van der Waals surface area contributed by atoms with Crippen molar-refractivity contribution < 1.29 is 4.79 Å². The summed E-state index contributed by atoms with van der Waals surface area (Å²) >= 11 is 3.22. The van der Waals surface area contributed by atoms with Crippen LogP contribution in [-0.4, -0.2) is 20.7 Å². The van der Waals surface area contributed by atoms with Crippen LogP contribution in [0.5, 0.6) is 0 Å². The standard InChI is InChI=1S/C16H18N4OS2/c1-11-3-5-18-20(11)12(2)15(21)19-14(16-17-6-8-23-16)9-13-4-7-22-10-13/h3-8,10,12,14H,9H2,1-2H3,(H,19,21)/t12-,14-/m1/s1. The number of carbonyl (C=O) groups is 1. The number of nitrogens with one attached hydrogen (secondary N) is 1. The number of hydrogen-bond donors (Lipinski definition) is 1. The number of carbonyl (C=O) groups excluding carboxylic acids is 1. The first-order valence-electron chi connectivity index (χ1n) is 7.36. The van der Waals surface area contributed by atoms with E-state index < -0.39 is 0 Å². The highest BCUT2D eigenvalue weighted by atomic mass is 32.1. The second-order valence-electron chi connectivity index (χ2n) is 5.36. The average Bonchev–Trinajstić information content (AvgIpc) is 3.28. The molecule has 0 radical (unpaired) electrons. The Kier molecular flexibility index (Phi) is 4.88. The molecule has 2 atom stereocenters. The van der Waals surface area contributed by atoms with Crippen molar-refractivity contribution in [1.29, 1.82) is 0 Å². The lowest BCUT2D eigenvalue weighted by molar-refractivity contribution is -0.125. The van der Waals surface area contributed by atoms with E-state index in [1.54, 1.807) is 39.7 Å². The summed E-state index contributed by atoms with van der Waals surface area (Å²) in [7, 11) is 0. The Balaban J connectivity index is 1.75. The molecule has 0 spiro atoms. The predicted molar refractivity (Wildman–Crippen MR) is 92.7 cm³/mol. The third kappa shape index (κ3) is 3.68. The molecule has 0 bridgehead atoms. The zero-order valence-electron chi connectivity index (χ0n) is 13.0. The number of hydrogen-bond acceptors (Lipinski definition) is 5. The van der Waals surface area contributed by atoms with Crippen molar-refractivity contribution in [2.45, 2.75) is 32.4 Å². The second kappa shape index (κ2) is 7.06. The van der Waals surface area contributed by atoms with Crippen molar-refractivity contribution in [3.8, 4) is 0 Å². The van der Waals surface area contributed by atoms with Crippen LogP contribution < -0.4 is 5.32 Å². The summed E-state index contributed by atoms with van der Waals surface area (Å²) in [6.45, 7) is 3.80. The quantitative estimate of drug-likeness (QED) is 0.744. The van der Waals surface area contributed by atoms with E-state index in [0.717, 1.165) is 17.1 Å². The Morgan fingerprint density at radius 1 is 1.35 bits per heavy atom. The highest BCUT2D eigenvalue weighted by molar-refractivity contribution is 7.09.